The molecule has 0 radical (unpaired) electrons. The van der Waals surface area contributed by atoms with Crippen LogP contribution in [-0.4, -0.2) is 55.0 Å². The number of aromatic hydroxyl groups is 1. The zero-order valence-electron chi connectivity index (χ0n) is 15.2. The van der Waals surface area contributed by atoms with Crippen LogP contribution in [0.5, 0.6) is 11.5 Å². The number of hydrogen-bond donors (Lipinski definition) is 3. The summed E-state index contributed by atoms with van der Waals surface area (Å²) in [4.78, 5) is 2.54. The van der Waals surface area contributed by atoms with Crippen LogP contribution in [0, 0.1) is 0 Å². The number of phenols is 1. The van der Waals surface area contributed by atoms with Crippen molar-refractivity contribution in [3.05, 3.63) is 24.3 Å². The molecule has 0 aromatic heterocycles. The number of piperazine rings is 1. The molecule has 1 atom stereocenters. The van der Waals surface area contributed by atoms with E-state index in [9.17, 15) is 5.11 Å². The van der Waals surface area contributed by atoms with Crippen LogP contribution in [0.2, 0.25) is 0 Å². The van der Waals surface area contributed by atoms with Crippen LogP contribution in [0.1, 0.15) is 39.5 Å². The molecule has 1 saturated heterocycles. The van der Waals surface area contributed by atoms with Crippen molar-refractivity contribution in [1.82, 2.24) is 15.5 Å². The molecule has 5 heteroatoms. The number of likely N-dealkylation sites (N-methyl/N-ethyl adjacent to an activating group) is 1. The van der Waals surface area contributed by atoms with Crippen molar-refractivity contribution < 1.29 is 9.84 Å². The van der Waals surface area contributed by atoms with E-state index in [1.165, 1.54) is 19.3 Å². The smallest absolute Gasteiger partial charge is 0.120 e. The molecule has 1 aromatic carbocycles. The van der Waals surface area contributed by atoms with E-state index in [2.05, 4.69) is 29.4 Å². The molecule has 1 unspecified atom stereocenters. The number of nitrogens with one attached hydrogen (secondary N) is 2. The summed E-state index contributed by atoms with van der Waals surface area (Å²) in [5.74, 6) is 1.08. The largest absolute Gasteiger partial charge is 0.508 e. The topological polar surface area (TPSA) is 56.8 Å². The maximum absolute atomic E-state index is 9.43. The molecule has 0 amide bonds. The first kappa shape index (κ1) is 19.0. The normalized spacial score (nSPS) is 18.2. The molecule has 1 aliphatic rings. The Bertz CT molecular complexity index is 460. The van der Waals surface area contributed by atoms with E-state index < -0.39 is 0 Å². The van der Waals surface area contributed by atoms with Crippen molar-refractivity contribution in [1.29, 1.82) is 0 Å². The quantitative estimate of drug-likeness (QED) is 0.574. The third-order valence-electron chi connectivity index (χ3n) is 4.74. The second-order valence-corrected chi connectivity index (χ2v) is 6.54. The maximum Gasteiger partial charge on any atom is 0.120 e. The van der Waals surface area contributed by atoms with Crippen molar-refractivity contribution in [3.63, 3.8) is 0 Å². The van der Waals surface area contributed by atoms with E-state index >= 15 is 0 Å². The third-order valence-corrected chi connectivity index (χ3v) is 4.74. The van der Waals surface area contributed by atoms with Gasteiger partial charge in [0.05, 0.1) is 0 Å². The zero-order valence-corrected chi connectivity index (χ0v) is 15.2. The number of benzene rings is 1. The molecule has 1 aromatic rings. The average molecular weight is 335 g/mol. The van der Waals surface area contributed by atoms with Crippen LogP contribution in [0.25, 0.3) is 0 Å². The van der Waals surface area contributed by atoms with Crippen LogP contribution < -0.4 is 15.4 Å². The lowest BCUT2D eigenvalue weighted by Crippen LogP contribution is -2.66. The first-order valence-corrected chi connectivity index (χ1v) is 9.33. The number of rotatable bonds is 10. The van der Waals surface area contributed by atoms with Gasteiger partial charge in [0.25, 0.3) is 0 Å². The standard InChI is InChI=1S/C19H33N3O2/c1-3-5-6-11-19(21-4-2,22-14-12-20-13-15-22)16-24-18-9-7-17(23)8-10-18/h7-10,20-21,23H,3-6,11-16H2,1-2H3. The minimum Gasteiger partial charge on any atom is -0.508 e. The van der Waals surface area contributed by atoms with Crippen LogP contribution in [0.4, 0.5) is 0 Å². The van der Waals surface area contributed by atoms with E-state index in [-0.39, 0.29) is 11.4 Å². The summed E-state index contributed by atoms with van der Waals surface area (Å²) in [7, 11) is 0. The first-order chi connectivity index (χ1) is 11.7. The number of nitrogens with zero attached hydrogens (tertiary/aromatic N) is 1. The van der Waals surface area contributed by atoms with Gasteiger partial charge in [0, 0.05) is 26.2 Å². The summed E-state index contributed by atoms with van der Waals surface area (Å²) in [6, 6.07) is 7.00. The van der Waals surface area contributed by atoms with Gasteiger partial charge in [-0.25, -0.2) is 0 Å². The Morgan fingerprint density at radius 1 is 1.17 bits per heavy atom. The Balaban J connectivity index is 2.09. The molecule has 3 N–H and O–H groups in total. The highest BCUT2D eigenvalue weighted by Crippen LogP contribution is 2.24. The molecule has 1 fully saturated rings. The van der Waals surface area contributed by atoms with Gasteiger partial charge in [0.1, 0.15) is 23.8 Å². The summed E-state index contributed by atoms with van der Waals surface area (Å²) in [5.41, 5.74) is -0.121. The van der Waals surface area contributed by atoms with Gasteiger partial charge >= 0.3 is 0 Å². The minimum atomic E-state index is -0.121. The zero-order chi connectivity index (χ0) is 17.3. The number of ether oxygens (including phenoxy) is 1. The van der Waals surface area contributed by atoms with Crippen LogP contribution >= 0.6 is 0 Å². The lowest BCUT2D eigenvalue weighted by molar-refractivity contribution is -0.00443. The Morgan fingerprint density at radius 2 is 1.88 bits per heavy atom. The summed E-state index contributed by atoms with van der Waals surface area (Å²) in [6.07, 6.45) is 4.76. The monoisotopic (exact) mass is 335 g/mol. The fraction of sp³-hybridized carbons (Fsp3) is 0.684. The minimum absolute atomic E-state index is 0.121. The summed E-state index contributed by atoms with van der Waals surface area (Å²) in [5, 5.41) is 16.6. The van der Waals surface area contributed by atoms with E-state index in [0.717, 1.165) is 44.9 Å². The molecular weight excluding hydrogens is 302 g/mol. The number of unbranched alkanes of at least 4 members (excludes halogenated alkanes) is 2. The molecule has 1 heterocycles. The second kappa shape index (κ2) is 9.87. The fourth-order valence-corrected chi connectivity index (χ4v) is 3.41. The molecule has 136 valence electrons. The van der Waals surface area contributed by atoms with Gasteiger partial charge in [-0.2, -0.15) is 0 Å². The highest BCUT2D eigenvalue weighted by Gasteiger charge is 2.37. The van der Waals surface area contributed by atoms with Gasteiger partial charge in [0.15, 0.2) is 0 Å². The molecule has 5 nitrogen and oxygen atoms in total. The van der Waals surface area contributed by atoms with Gasteiger partial charge in [-0.3, -0.25) is 10.2 Å². The molecule has 24 heavy (non-hydrogen) atoms. The predicted molar refractivity (Wildman–Crippen MR) is 98.6 cm³/mol. The Morgan fingerprint density at radius 3 is 2.50 bits per heavy atom. The van der Waals surface area contributed by atoms with Gasteiger partial charge in [-0.05, 0) is 37.2 Å². The van der Waals surface area contributed by atoms with Crippen LogP contribution in [-0.2, 0) is 0 Å². The SMILES string of the molecule is CCCCCC(COc1ccc(O)cc1)(NCC)N1CCNCC1. The van der Waals surface area contributed by atoms with Crippen LogP contribution in [0.3, 0.4) is 0 Å². The predicted octanol–water partition coefficient (Wildman–Crippen LogP) is 2.56. The van der Waals surface area contributed by atoms with Crippen molar-refractivity contribution in [3.8, 4) is 11.5 Å². The first-order valence-electron chi connectivity index (χ1n) is 9.33. The molecule has 0 aliphatic carbocycles. The highest BCUT2D eigenvalue weighted by atomic mass is 16.5. The maximum atomic E-state index is 9.43. The van der Waals surface area contributed by atoms with E-state index in [0.29, 0.717) is 6.61 Å². The molecule has 2 rings (SSSR count). The number of phenolic OH excluding ortho intramolecular Hbond substituents is 1. The lowest BCUT2D eigenvalue weighted by Gasteiger charge is -2.46. The Hall–Kier alpha value is -1.30. The summed E-state index contributed by atoms with van der Waals surface area (Å²) >= 11 is 0. The lowest BCUT2D eigenvalue weighted by atomic mass is 9.99. The molecule has 0 spiro atoms. The Labute approximate surface area is 146 Å². The number of hydrogen-bond acceptors (Lipinski definition) is 5. The second-order valence-electron chi connectivity index (χ2n) is 6.54. The van der Waals surface area contributed by atoms with Crippen molar-refractivity contribution in [2.75, 3.05) is 39.3 Å². The molecule has 0 saturated carbocycles. The molecule has 0 bridgehead atoms. The molecular formula is C19H33N3O2. The van der Waals surface area contributed by atoms with E-state index in [1.54, 1.807) is 12.1 Å². The van der Waals surface area contributed by atoms with Crippen molar-refractivity contribution in [2.45, 2.75) is 45.2 Å². The van der Waals surface area contributed by atoms with Gasteiger partial charge in [0.2, 0.25) is 0 Å². The Kier molecular flexibility index (Phi) is 7.82. The third kappa shape index (κ3) is 5.36. The van der Waals surface area contributed by atoms with Gasteiger partial charge < -0.3 is 15.2 Å². The van der Waals surface area contributed by atoms with Crippen molar-refractivity contribution >= 4 is 0 Å². The molecule has 1 aliphatic heterocycles. The van der Waals surface area contributed by atoms with Crippen LogP contribution in [0.15, 0.2) is 24.3 Å². The van der Waals surface area contributed by atoms with Gasteiger partial charge in [-0.1, -0.05) is 33.1 Å². The van der Waals surface area contributed by atoms with E-state index in [4.69, 9.17) is 4.74 Å². The van der Waals surface area contributed by atoms with Gasteiger partial charge in [-0.15, -0.1) is 0 Å². The summed E-state index contributed by atoms with van der Waals surface area (Å²) in [6.45, 7) is 10.1. The van der Waals surface area contributed by atoms with E-state index in [1.807, 2.05) is 12.1 Å². The van der Waals surface area contributed by atoms with Crippen molar-refractivity contribution in [2.24, 2.45) is 0 Å². The fourth-order valence-electron chi connectivity index (χ4n) is 3.41. The summed E-state index contributed by atoms with van der Waals surface area (Å²) < 4.78 is 6.13. The average Bonchev–Trinajstić information content (AvgIpc) is 2.62. The highest BCUT2D eigenvalue weighted by molar-refractivity contribution is 5.30.